The molecule has 0 bridgehead atoms. The van der Waals surface area contributed by atoms with Crippen LogP contribution in [0.3, 0.4) is 0 Å². The highest BCUT2D eigenvalue weighted by molar-refractivity contribution is 6.21. The third-order valence-corrected chi connectivity index (χ3v) is 4.89. The Hall–Kier alpha value is -3.54. The Morgan fingerprint density at radius 3 is 2.39 bits per heavy atom. The molecular formula is C22H19N3O3. The van der Waals surface area contributed by atoms with Crippen LogP contribution in [0, 0.1) is 13.8 Å². The third-order valence-electron chi connectivity index (χ3n) is 4.89. The Morgan fingerprint density at radius 1 is 1.04 bits per heavy atom. The lowest BCUT2D eigenvalue weighted by Gasteiger charge is -2.14. The number of nitrogens with zero attached hydrogens (tertiary/aromatic N) is 2. The summed E-state index contributed by atoms with van der Waals surface area (Å²) in [5.74, 6) is -0.966. The second-order valence-electron chi connectivity index (χ2n) is 6.94. The highest BCUT2D eigenvalue weighted by Gasteiger charge is 2.34. The second-order valence-corrected chi connectivity index (χ2v) is 6.94. The van der Waals surface area contributed by atoms with Gasteiger partial charge in [-0.15, -0.1) is 0 Å². The van der Waals surface area contributed by atoms with Gasteiger partial charge in [-0.2, -0.15) is 0 Å². The summed E-state index contributed by atoms with van der Waals surface area (Å²) >= 11 is 0. The van der Waals surface area contributed by atoms with E-state index in [4.69, 9.17) is 0 Å². The molecule has 0 unspecified atom stereocenters. The molecule has 4 rings (SSSR count). The standard InChI is InChI=1S/C22H19N3O3/c1-13-11-14(2)20-17(12-13)18(7-9-23-20)24-19(26)8-10-25-21(27)15-5-3-4-6-16(15)22(25)28/h3-7,9,11-12H,8,10H2,1-2H3,(H,23,24,26). The van der Waals surface area contributed by atoms with Gasteiger partial charge in [-0.05, 0) is 43.7 Å². The van der Waals surface area contributed by atoms with Crippen molar-refractivity contribution >= 4 is 34.3 Å². The van der Waals surface area contributed by atoms with Crippen LogP contribution in [0.2, 0.25) is 0 Å². The first-order valence-corrected chi connectivity index (χ1v) is 9.07. The Labute approximate surface area is 162 Å². The van der Waals surface area contributed by atoms with Gasteiger partial charge in [0.1, 0.15) is 0 Å². The van der Waals surface area contributed by atoms with Crippen LogP contribution in [0.15, 0.2) is 48.7 Å². The fourth-order valence-electron chi connectivity index (χ4n) is 3.59. The second kappa shape index (κ2) is 6.88. The predicted octanol–water partition coefficient (Wildman–Crippen LogP) is 3.48. The number of nitrogens with one attached hydrogen (secondary N) is 1. The molecule has 1 aliphatic heterocycles. The molecule has 6 heteroatoms. The molecule has 1 N–H and O–H groups in total. The molecule has 1 aromatic heterocycles. The number of carbonyl (C=O) groups is 3. The van der Waals surface area contributed by atoms with Crippen molar-refractivity contribution in [3.05, 3.63) is 70.9 Å². The van der Waals surface area contributed by atoms with E-state index < -0.39 is 0 Å². The van der Waals surface area contributed by atoms with Crippen molar-refractivity contribution in [3.63, 3.8) is 0 Å². The van der Waals surface area contributed by atoms with Crippen LogP contribution in [-0.2, 0) is 4.79 Å². The van der Waals surface area contributed by atoms with E-state index in [0.29, 0.717) is 16.8 Å². The largest absolute Gasteiger partial charge is 0.325 e. The van der Waals surface area contributed by atoms with Crippen LogP contribution in [0.4, 0.5) is 5.69 Å². The number of aryl methyl sites for hydroxylation is 2. The minimum Gasteiger partial charge on any atom is -0.325 e. The highest BCUT2D eigenvalue weighted by atomic mass is 16.2. The number of carbonyl (C=O) groups excluding carboxylic acids is 3. The zero-order valence-electron chi connectivity index (χ0n) is 15.7. The van der Waals surface area contributed by atoms with Gasteiger partial charge in [0.2, 0.25) is 5.91 Å². The van der Waals surface area contributed by atoms with Crippen LogP contribution in [0.25, 0.3) is 10.9 Å². The van der Waals surface area contributed by atoms with Gasteiger partial charge in [-0.3, -0.25) is 24.3 Å². The summed E-state index contributed by atoms with van der Waals surface area (Å²) in [7, 11) is 0. The van der Waals surface area contributed by atoms with E-state index in [0.717, 1.165) is 26.9 Å². The Bertz CT molecular complexity index is 1100. The average molecular weight is 373 g/mol. The van der Waals surface area contributed by atoms with Gasteiger partial charge in [0.05, 0.1) is 22.3 Å². The summed E-state index contributed by atoms with van der Waals surface area (Å²) in [6, 6.07) is 12.5. The molecule has 2 aromatic carbocycles. The molecule has 0 saturated carbocycles. The number of hydrogen-bond acceptors (Lipinski definition) is 4. The minimum absolute atomic E-state index is 0.0279. The monoisotopic (exact) mass is 373 g/mol. The number of amides is 3. The quantitative estimate of drug-likeness (QED) is 0.710. The van der Waals surface area contributed by atoms with Crippen molar-refractivity contribution in [1.82, 2.24) is 9.88 Å². The maximum Gasteiger partial charge on any atom is 0.261 e. The average Bonchev–Trinajstić information content (AvgIpc) is 2.91. The van der Waals surface area contributed by atoms with E-state index in [-0.39, 0.29) is 30.7 Å². The Balaban J connectivity index is 1.49. The molecule has 0 fully saturated rings. The third kappa shape index (κ3) is 3.03. The molecule has 3 amide bonds. The summed E-state index contributed by atoms with van der Waals surface area (Å²) in [4.78, 5) is 42.8. The van der Waals surface area contributed by atoms with Crippen molar-refractivity contribution in [2.24, 2.45) is 0 Å². The maximum absolute atomic E-state index is 12.5. The molecule has 2 heterocycles. The molecule has 0 spiro atoms. The van der Waals surface area contributed by atoms with Gasteiger partial charge < -0.3 is 5.32 Å². The lowest BCUT2D eigenvalue weighted by Crippen LogP contribution is -2.32. The van der Waals surface area contributed by atoms with Crippen molar-refractivity contribution in [2.75, 3.05) is 11.9 Å². The van der Waals surface area contributed by atoms with Crippen molar-refractivity contribution in [2.45, 2.75) is 20.3 Å². The molecule has 28 heavy (non-hydrogen) atoms. The number of pyridine rings is 1. The van der Waals surface area contributed by atoms with E-state index >= 15 is 0 Å². The number of anilines is 1. The van der Waals surface area contributed by atoms with Gasteiger partial charge in [0.15, 0.2) is 0 Å². The van der Waals surface area contributed by atoms with Gasteiger partial charge in [-0.1, -0.05) is 23.8 Å². The summed E-state index contributed by atoms with van der Waals surface area (Å²) in [6.07, 6.45) is 1.69. The minimum atomic E-state index is -0.353. The summed E-state index contributed by atoms with van der Waals surface area (Å²) < 4.78 is 0. The number of benzene rings is 2. The van der Waals surface area contributed by atoms with Crippen molar-refractivity contribution < 1.29 is 14.4 Å². The molecule has 140 valence electrons. The molecule has 0 saturated heterocycles. The van der Waals surface area contributed by atoms with Crippen LogP contribution >= 0.6 is 0 Å². The number of aromatic nitrogens is 1. The summed E-state index contributed by atoms with van der Waals surface area (Å²) in [6.45, 7) is 4.02. The number of hydrogen-bond donors (Lipinski definition) is 1. The first-order valence-electron chi connectivity index (χ1n) is 9.07. The molecule has 0 atom stereocenters. The normalized spacial score (nSPS) is 13.1. The predicted molar refractivity (Wildman–Crippen MR) is 106 cm³/mol. The highest BCUT2D eigenvalue weighted by Crippen LogP contribution is 2.26. The molecule has 6 nitrogen and oxygen atoms in total. The summed E-state index contributed by atoms with van der Waals surface area (Å²) in [5.41, 5.74) is 4.41. The molecular weight excluding hydrogens is 354 g/mol. The Morgan fingerprint density at radius 2 is 1.71 bits per heavy atom. The lowest BCUT2D eigenvalue weighted by atomic mass is 10.1. The fraction of sp³-hybridized carbons (Fsp3) is 0.182. The van der Waals surface area contributed by atoms with E-state index in [2.05, 4.69) is 10.3 Å². The van der Waals surface area contributed by atoms with Crippen LogP contribution < -0.4 is 5.32 Å². The van der Waals surface area contributed by atoms with Crippen LogP contribution in [-0.4, -0.2) is 34.2 Å². The van der Waals surface area contributed by atoms with Crippen molar-refractivity contribution in [1.29, 1.82) is 0 Å². The Kier molecular flexibility index (Phi) is 4.39. The fourth-order valence-corrected chi connectivity index (χ4v) is 3.59. The summed E-state index contributed by atoms with van der Waals surface area (Å²) in [5, 5.41) is 3.76. The van der Waals surface area contributed by atoms with Crippen molar-refractivity contribution in [3.8, 4) is 0 Å². The number of fused-ring (bicyclic) bond motifs is 2. The van der Waals surface area contributed by atoms with Gasteiger partial charge in [-0.25, -0.2) is 0 Å². The smallest absolute Gasteiger partial charge is 0.261 e. The zero-order chi connectivity index (χ0) is 19.8. The molecule has 1 aliphatic rings. The first-order chi connectivity index (χ1) is 13.5. The van der Waals surface area contributed by atoms with E-state index in [1.807, 2.05) is 26.0 Å². The van der Waals surface area contributed by atoms with E-state index in [1.54, 1.807) is 36.5 Å². The number of rotatable bonds is 4. The first kappa shape index (κ1) is 17.9. The molecule has 3 aromatic rings. The molecule has 0 aliphatic carbocycles. The topological polar surface area (TPSA) is 79.4 Å². The molecule has 0 radical (unpaired) electrons. The van der Waals surface area contributed by atoms with E-state index in [1.165, 1.54) is 0 Å². The van der Waals surface area contributed by atoms with E-state index in [9.17, 15) is 14.4 Å². The van der Waals surface area contributed by atoms with Crippen LogP contribution in [0.5, 0.6) is 0 Å². The lowest BCUT2D eigenvalue weighted by molar-refractivity contribution is -0.116. The van der Waals surface area contributed by atoms with Gasteiger partial charge in [0, 0.05) is 24.5 Å². The van der Waals surface area contributed by atoms with Crippen LogP contribution in [0.1, 0.15) is 38.3 Å². The van der Waals surface area contributed by atoms with Gasteiger partial charge in [0.25, 0.3) is 11.8 Å². The number of imide groups is 1. The van der Waals surface area contributed by atoms with Gasteiger partial charge >= 0.3 is 0 Å². The maximum atomic E-state index is 12.5. The SMILES string of the molecule is Cc1cc(C)c2nccc(NC(=O)CCN3C(=O)c4ccccc4C3=O)c2c1. The zero-order valence-corrected chi connectivity index (χ0v) is 15.7.